The molecule has 8 heteroatoms. The SMILES string of the molecule is CCCCCCCCCCSCC(C(N)=O)S(=O)(=O)O.[H-].[Na+]. The van der Waals surface area contributed by atoms with Gasteiger partial charge in [-0.25, -0.2) is 0 Å². The number of carbonyl (C=O) groups is 1. The van der Waals surface area contributed by atoms with Crippen LogP contribution in [0.4, 0.5) is 0 Å². The molecule has 0 rings (SSSR count). The van der Waals surface area contributed by atoms with Gasteiger partial charge in [0.1, 0.15) is 0 Å². The molecular formula is C13H28NNaO4S2. The molecule has 1 amide bonds. The Morgan fingerprint density at radius 2 is 1.62 bits per heavy atom. The molecule has 0 aliphatic rings. The molecule has 0 aromatic heterocycles. The van der Waals surface area contributed by atoms with Crippen LogP contribution < -0.4 is 35.3 Å². The summed E-state index contributed by atoms with van der Waals surface area (Å²) in [5.74, 6) is -0.172. The Bertz CT molecular complexity index is 369. The van der Waals surface area contributed by atoms with Gasteiger partial charge in [0.15, 0.2) is 5.25 Å². The molecule has 0 spiro atoms. The Morgan fingerprint density at radius 1 is 1.14 bits per heavy atom. The van der Waals surface area contributed by atoms with Gasteiger partial charge in [-0.1, -0.05) is 51.9 Å². The molecule has 0 fully saturated rings. The zero-order chi connectivity index (χ0) is 15.4. The molecule has 0 aliphatic carbocycles. The molecule has 0 bridgehead atoms. The third-order valence-electron chi connectivity index (χ3n) is 3.09. The average molecular weight is 349 g/mol. The van der Waals surface area contributed by atoms with Crippen LogP contribution in [0.5, 0.6) is 0 Å². The van der Waals surface area contributed by atoms with Gasteiger partial charge < -0.3 is 7.16 Å². The van der Waals surface area contributed by atoms with Crippen molar-refractivity contribution in [3.63, 3.8) is 0 Å². The van der Waals surface area contributed by atoms with Crippen molar-refractivity contribution >= 4 is 27.8 Å². The minimum atomic E-state index is -4.37. The number of amides is 1. The van der Waals surface area contributed by atoms with Crippen molar-refractivity contribution in [1.82, 2.24) is 0 Å². The van der Waals surface area contributed by atoms with Crippen LogP contribution in [0.2, 0.25) is 0 Å². The van der Waals surface area contributed by atoms with Crippen molar-refractivity contribution in [3.8, 4) is 0 Å². The number of thioether (sulfide) groups is 1. The maximum absolute atomic E-state index is 10.9. The largest absolute Gasteiger partial charge is 1.00 e. The van der Waals surface area contributed by atoms with E-state index >= 15 is 0 Å². The second kappa shape index (κ2) is 14.3. The molecule has 1 atom stereocenters. The summed E-state index contributed by atoms with van der Waals surface area (Å²) in [6, 6.07) is 0. The first-order valence-electron chi connectivity index (χ1n) is 7.23. The van der Waals surface area contributed by atoms with E-state index in [2.05, 4.69) is 6.92 Å². The van der Waals surface area contributed by atoms with Gasteiger partial charge in [0.05, 0.1) is 0 Å². The van der Waals surface area contributed by atoms with E-state index in [0.717, 1.165) is 18.6 Å². The number of carbonyl (C=O) groups excluding carboxylic acids is 1. The maximum atomic E-state index is 10.9. The standard InChI is InChI=1S/C13H27NO4S2.Na.H/c1-2-3-4-5-6-7-8-9-10-19-11-12(13(14)15)20(16,17)18;;/h12H,2-11H2,1H3,(H2,14,15)(H,16,17,18);;/q;+1;-1. The number of hydrogen-bond donors (Lipinski definition) is 2. The predicted molar refractivity (Wildman–Crippen MR) is 85.6 cm³/mol. The molecule has 0 aromatic rings. The van der Waals surface area contributed by atoms with Crippen LogP contribution in [0.15, 0.2) is 0 Å². The van der Waals surface area contributed by atoms with Gasteiger partial charge in [0, 0.05) is 5.75 Å². The summed E-state index contributed by atoms with van der Waals surface area (Å²) in [5.41, 5.74) is 4.95. The Hall–Kier alpha value is 0.730. The smallest absolute Gasteiger partial charge is 1.00 e. The maximum Gasteiger partial charge on any atom is 1.00 e. The van der Waals surface area contributed by atoms with Gasteiger partial charge in [0.25, 0.3) is 10.1 Å². The van der Waals surface area contributed by atoms with Crippen molar-refractivity contribution in [3.05, 3.63) is 0 Å². The second-order valence-corrected chi connectivity index (χ2v) is 7.70. The molecule has 0 radical (unpaired) electrons. The van der Waals surface area contributed by atoms with E-state index in [1.807, 2.05) is 0 Å². The Labute approximate surface area is 156 Å². The molecule has 0 heterocycles. The van der Waals surface area contributed by atoms with Crippen molar-refractivity contribution in [2.45, 2.75) is 63.5 Å². The molecule has 21 heavy (non-hydrogen) atoms. The summed E-state index contributed by atoms with van der Waals surface area (Å²) in [5, 5.41) is -1.48. The van der Waals surface area contributed by atoms with E-state index in [1.54, 1.807) is 0 Å². The third-order valence-corrected chi connectivity index (χ3v) is 5.56. The van der Waals surface area contributed by atoms with Gasteiger partial charge in [-0.2, -0.15) is 20.2 Å². The van der Waals surface area contributed by atoms with Gasteiger partial charge in [-0.15, -0.1) is 0 Å². The fourth-order valence-electron chi connectivity index (χ4n) is 1.84. The Morgan fingerprint density at radius 3 is 2.05 bits per heavy atom. The molecule has 0 saturated carbocycles. The van der Waals surface area contributed by atoms with Crippen LogP contribution in [0.25, 0.3) is 0 Å². The summed E-state index contributed by atoms with van der Waals surface area (Å²) in [7, 11) is -4.37. The van der Waals surface area contributed by atoms with Crippen molar-refractivity contribution in [2.24, 2.45) is 5.73 Å². The zero-order valence-electron chi connectivity index (χ0n) is 14.2. The fraction of sp³-hybridized carbons (Fsp3) is 0.923. The summed E-state index contributed by atoms with van der Waals surface area (Å²) in [6.07, 6.45) is 9.71. The molecular weight excluding hydrogens is 321 g/mol. The minimum Gasteiger partial charge on any atom is -1.00 e. The third kappa shape index (κ3) is 14.1. The summed E-state index contributed by atoms with van der Waals surface area (Å²) < 4.78 is 30.7. The van der Waals surface area contributed by atoms with Crippen LogP contribution in [-0.2, 0) is 14.9 Å². The number of unbranched alkanes of at least 4 members (excludes halogenated alkanes) is 7. The van der Waals surface area contributed by atoms with Crippen LogP contribution in [-0.4, -0.2) is 35.6 Å². The number of hydrogen-bond acceptors (Lipinski definition) is 4. The molecule has 0 saturated heterocycles. The van der Waals surface area contributed by atoms with E-state index in [0.29, 0.717) is 0 Å². The first-order valence-corrected chi connectivity index (χ1v) is 9.88. The molecule has 5 nitrogen and oxygen atoms in total. The van der Waals surface area contributed by atoms with E-state index in [1.165, 1.54) is 50.3 Å². The van der Waals surface area contributed by atoms with Crippen molar-refractivity contribution < 1.29 is 48.7 Å². The fourth-order valence-corrected chi connectivity index (χ4v) is 4.07. The minimum absolute atomic E-state index is 0. The average Bonchev–Trinajstić information content (AvgIpc) is 2.34. The summed E-state index contributed by atoms with van der Waals surface area (Å²) in [6.45, 7) is 2.20. The number of primary amides is 1. The molecule has 0 aliphatic heterocycles. The van der Waals surface area contributed by atoms with Crippen molar-refractivity contribution in [1.29, 1.82) is 0 Å². The Kier molecular flexibility index (Phi) is 16.4. The van der Waals surface area contributed by atoms with Gasteiger partial charge in [-0.3, -0.25) is 9.35 Å². The summed E-state index contributed by atoms with van der Waals surface area (Å²) in [4.78, 5) is 10.9. The quantitative estimate of drug-likeness (QED) is 0.271. The van der Waals surface area contributed by atoms with E-state index in [9.17, 15) is 13.2 Å². The monoisotopic (exact) mass is 349 g/mol. The topological polar surface area (TPSA) is 97.5 Å². The molecule has 122 valence electrons. The van der Waals surface area contributed by atoms with E-state index < -0.39 is 21.3 Å². The van der Waals surface area contributed by atoms with Crippen LogP contribution in [0.1, 0.15) is 59.7 Å². The first kappa shape index (κ1) is 24.0. The molecule has 3 N–H and O–H groups in total. The first-order chi connectivity index (χ1) is 9.39. The van der Waals surface area contributed by atoms with E-state index in [-0.39, 0.29) is 36.7 Å². The van der Waals surface area contributed by atoms with Crippen molar-refractivity contribution in [2.75, 3.05) is 11.5 Å². The normalized spacial score (nSPS) is 12.7. The number of nitrogens with two attached hydrogens (primary N) is 1. The van der Waals surface area contributed by atoms with Gasteiger partial charge in [0.2, 0.25) is 5.91 Å². The summed E-state index contributed by atoms with van der Waals surface area (Å²) >= 11 is 1.35. The molecule has 1 unspecified atom stereocenters. The van der Waals surface area contributed by atoms with Gasteiger partial charge >= 0.3 is 29.6 Å². The zero-order valence-corrected chi connectivity index (χ0v) is 16.8. The second-order valence-electron chi connectivity index (χ2n) is 4.96. The van der Waals surface area contributed by atoms with Crippen LogP contribution in [0.3, 0.4) is 0 Å². The Balaban J connectivity index is -0.00000180. The molecule has 0 aromatic carbocycles. The van der Waals surface area contributed by atoms with Crippen LogP contribution in [0, 0.1) is 0 Å². The van der Waals surface area contributed by atoms with Gasteiger partial charge in [-0.05, 0) is 12.2 Å². The van der Waals surface area contributed by atoms with Crippen LogP contribution >= 0.6 is 11.8 Å². The number of rotatable bonds is 13. The predicted octanol–water partition coefficient (Wildman–Crippen LogP) is -0.281. The van der Waals surface area contributed by atoms with E-state index in [4.69, 9.17) is 10.3 Å².